The van der Waals surface area contributed by atoms with Crippen LogP contribution in [0.5, 0.6) is 11.5 Å². The number of carbonyl (C=O) groups is 2. The molecule has 0 aromatic heterocycles. The number of carbonyl (C=O) groups excluding carboxylic acids is 1. The molecule has 6 heteroatoms. The fourth-order valence-electron chi connectivity index (χ4n) is 4.69. The van der Waals surface area contributed by atoms with Crippen LogP contribution in [0.25, 0.3) is 0 Å². The molecule has 3 N–H and O–H groups in total. The normalized spacial score (nSPS) is 18.3. The lowest BCUT2D eigenvalue weighted by molar-refractivity contribution is -0.147. The van der Waals surface area contributed by atoms with Gasteiger partial charge >= 0.3 is 5.97 Å². The molecular formula is C29H38N2O4. The zero-order valence-corrected chi connectivity index (χ0v) is 20.9. The zero-order valence-electron chi connectivity index (χ0n) is 20.9. The number of rotatable bonds is 12. The van der Waals surface area contributed by atoms with Gasteiger partial charge in [0.25, 0.3) is 0 Å². The van der Waals surface area contributed by atoms with Crippen LogP contribution in [0.2, 0.25) is 0 Å². The van der Waals surface area contributed by atoms with Crippen LogP contribution in [0.4, 0.5) is 11.4 Å². The minimum Gasteiger partial charge on any atom is -0.481 e. The molecule has 3 atom stereocenters. The van der Waals surface area contributed by atoms with Crippen molar-refractivity contribution in [1.29, 1.82) is 0 Å². The summed E-state index contributed by atoms with van der Waals surface area (Å²) in [4.78, 5) is 24.2. The van der Waals surface area contributed by atoms with Gasteiger partial charge in [-0.15, -0.1) is 0 Å². The van der Waals surface area contributed by atoms with Crippen LogP contribution in [0.3, 0.4) is 0 Å². The fourth-order valence-corrected chi connectivity index (χ4v) is 4.69. The Hall–Kier alpha value is -3.28. The first-order valence-electron chi connectivity index (χ1n) is 12.8. The van der Waals surface area contributed by atoms with Crippen LogP contribution in [0, 0.1) is 17.8 Å². The number of nitrogens with one attached hydrogen (secondary N) is 2. The average molecular weight is 479 g/mol. The van der Waals surface area contributed by atoms with E-state index in [1.807, 2.05) is 24.3 Å². The van der Waals surface area contributed by atoms with E-state index in [9.17, 15) is 14.7 Å². The van der Waals surface area contributed by atoms with E-state index in [0.717, 1.165) is 37.1 Å². The van der Waals surface area contributed by atoms with Crippen molar-refractivity contribution in [3.8, 4) is 11.5 Å². The number of ether oxygens (including phenoxy) is 1. The van der Waals surface area contributed by atoms with Gasteiger partial charge < -0.3 is 20.5 Å². The van der Waals surface area contributed by atoms with Gasteiger partial charge in [0.15, 0.2) is 0 Å². The lowest BCUT2D eigenvalue weighted by Crippen LogP contribution is -2.36. The molecule has 0 aliphatic heterocycles. The summed E-state index contributed by atoms with van der Waals surface area (Å²) < 4.78 is 5.94. The molecule has 0 bridgehead atoms. The summed E-state index contributed by atoms with van der Waals surface area (Å²) in [6, 6.07) is 14.9. The van der Waals surface area contributed by atoms with Gasteiger partial charge in [0.05, 0.1) is 11.8 Å². The van der Waals surface area contributed by atoms with Gasteiger partial charge in [-0.2, -0.15) is 0 Å². The molecular weight excluding hydrogens is 440 g/mol. The summed E-state index contributed by atoms with van der Waals surface area (Å²) in [5.41, 5.74) is 2.66. The Kier molecular flexibility index (Phi) is 9.76. The molecule has 1 saturated carbocycles. The van der Waals surface area contributed by atoms with E-state index in [1.54, 1.807) is 24.3 Å². The third-order valence-electron chi connectivity index (χ3n) is 6.83. The lowest BCUT2D eigenvalue weighted by Gasteiger charge is -2.27. The van der Waals surface area contributed by atoms with Crippen molar-refractivity contribution < 1.29 is 19.4 Å². The van der Waals surface area contributed by atoms with Crippen molar-refractivity contribution in [2.45, 2.75) is 65.2 Å². The van der Waals surface area contributed by atoms with Gasteiger partial charge in [-0.3, -0.25) is 9.59 Å². The maximum absolute atomic E-state index is 12.7. The highest BCUT2D eigenvalue weighted by molar-refractivity contribution is 5.95. The summed E-state index contributed by atoms with van der Waals surface area (Å²) in [7, 11) is 0. The van der Waals surface area contributed by atoms with E-state index in [2.05, 4.69) is 31.1 Å². The first-order valence-corrected chi connectivity index (χ1v) is 12.8. The smallest absolute Gasteiger partial charge is 0.307 e. The summed E-state index contributed by atoms with van der Waals surface area (Å²) in [5, 5.41) is 15.7. The summed E-state index contributed by atoms with van der Waals surface area (Å²) in [6.07, 6.45) is 7.53. The van der Waals surface area contributed by atoms with Gasteiger partial charge in [0.2, 0.25) is 5.91 Å². The second-order valence-electron chi connectivity index (χ2n) is 9.37. The molecule has 1 fully saturated rings. The lowest BCUT2D eigenvalue weighted by atomic mass is 9.78. The molecule has 2 aromatic carbocycles. The molecule has 2 aromatic rings. The van der Waals surface area contributed by atoms with Gasteiger partial charge in [-0.25, -0.2) is 0 Å². The SMILES string of the molecule is C=C(Nc1ccc(Oc2ccc(NC(=O)[C@H]3CCCC[C@H]3C(=O)O)cc2)cc1)C(CC)CCCC. The van der Waals surface area contributed by atoms with Crippen LogP contribution < -0.4 is 15.4 Å². The maximum Gasteiger partial charge on any atom is 0.307 e. The van der Waals surface area contributed by atoms with Crippen molar-refractivity contribution in [2.24, 2.45) is 17.8 Å². The van der Waals surface area contributed by atoms with E-state index in [4.69, 9.17) is 4.74 Å². The van der Waals surface area contributed by atoms with Crippen LogP contribution >= 0.6 is 0 Å². The third-order valence-corrected chi connectivity index (χ3v) is 6.83. The molecule has 0 radical (unpaired) electrons. The number of amides is 1. The van der Waals surface area contributed by atoms with Crippen LogP contribution in [-0.4, -0.2) is 17.0 Å². The number of carboxylic acids is 1. The first kappa shape index (κ1) is 26.3. The molecule has 188 valence electrons. The quantitative estimate of drug-likeness (QED) is 0.295. The van der Waals surface area contributed by atoms with Gasteiger partial charge in [0.1, 0.15) is 11.5 Å². The Bertz CT molecular complexity index is 985. The zero-order chi connectivity index (χ0) is 25.2. The van der Waals surface area contributed by atoms with Crippen LogP contribution in [0.1, 0.15) is 65.2 Å². The van der Waals surface area contributed by atoms with Crippen molar-refractivity contribution in [2.75, 3.05) is 10.6 Å². The van der Waals surface area contributed by atoms with Crippen LogP contribution in [0.15, 0.2) is 60.8 Å². The van der Waals surface area contributed by atoms with E-state index in [0.29, 0.717) is 35.9 Å². The van der Waals surface area contributed by atoms with Gasteiger partial charge in [-0.05, 0) is 80.1 Å². The first-order chi connectivity index (χ1) is 16.9. The molecule has 1 aliphatic carbocycles. The Morgan fingerprint density at radius 2 is 1.49 bits per heavy atom. The van der Waals surface area contributed by atoms with Crippen molar-refractivity contribution in [3.05, 3.63) is 60.8 Å². The number of aliphatic carboxylic acids is 1. The molecule has 0 saturated heterocycles. The highest BCUT2D eigenvalue weighted by Gasteiger charge is 2.35. The number of hydrogen-bond donors (Lipinski definition) is 3. The number of allylic oxidation sites excluding steroid dienone is 1. The molecule has 1 aliphatic rings. The minimum absolute atomic E-state index is 0.226. The molecule has 0 heterocycles. The molecule has 6 nitrogen and oxygen atoms in total. The molecule has 35 heavy (non-hydrogen) atoms. The highest BCUT2D eigenvalue weighted by Crippen LogP contribution is 2.32. The summed E-state index contributed by atoms with van der Waals surface area (Å²) >= 11 is 0. The topological polar surface area (TPSA) is 87.7 Å². The predicted octanol–water partition coefficient (Wildman–Crippen LogP) is 7.45. The van der Waals surface area contributed by atoms with E-state index in [1.165, 1.54) is 12.8 Å². The monoisotopic (exact) mass is 478 g/mol. The fraction of sp³-hybridized carbons (Fsp3) is 0.448. The number of anilines is 2. The van der Waals surface area contributed by atoms with Gasteiger partial charge in [-0.1, -0.05) is 46.1 Å². The largest absolute Gasteiger partial charge is 0.481 e. The predicted molar refractivity (Wildman–Crippen MR) is 141 cm³/mol. The van der Waals surface area contributed by atoms with Crippen molar-refractivity contribution >= 4 is 23.3 Å². The number of benzene rings is 2. The number of unbranched alkanes of at least 4 members (excludes halogenated alkanes) is 1. The Labute approximate surface area is 208 Å². The second-order valence-corrected chi connectivity index (χ2v) is 9.37. The highest BCUT2D eigenvalue weighted by atomic mass is 16.5. The number of hydrogen-bond acceptors (Lipinski definition) is 4. The Balaban J connectivity index is 1.53. The molecule has 1 amide bonds. The Morgan fingerprint density at radius 3 is 2.00 bits per heavy atom. The second kappa shape index (κ2) is 13.0. The van der Waals surface area contributed by atoms with E-state index < -0.39 is 17.8 Å². The average Bonchev–Trinajstić information content (AvgIpc) is 2.86. The van der Waals surface area contributed by atoms with Crippen molar-refractivity contribution in [3.63, 3.8) is 0 Å². The molecule has 3 rings (SSSR count). The molecule has 1 unspecified atom stereocenters. The maximum atomic E-state index is 12.7. The summed E-state index contributed by atoms with van der Waals surface area (Å²) in [6.45, 7) is 8.64. The molecule has 0 spiro atoms. The van der Waals surface area contributed by atoms with E-state index >= 15 is 0 Å². The van der Waals surface area contributed by atoms with E-state index in [-0.39, 0.29) is 5.91 Å². The summed E-state index contributed by atoms with van der Waals surface area (Å²) in [5.74, 6) is -0.374. The number of carboxylic acid groups (broad SMARTS) is 1. The van der Waals surface area contributed by atoms with Gasteiger partial charge in [0, 0.05) is 17.1 Å². The van der Waals surface area contributed by atoms with Crippen LogP contribution in [-0.2, 0) is 9.59 Å². The van der Waals surface area contributed by atoms with Crippen molar-refractivity contribution in [1.82, 2.24) is 0 Å². The Morgan fingerprint density at radius 1 is 0.943 bits per heavy atom. The third kappa shape index (κ3) is 7.61. The minimum atomic E-state index is -0.888. The standard InChI is InChI=1S/C29H38N2O4/c1-4-6-9-21(5-2)20(3)30-22-12-16-24(17-13-22)35-25-18-14-23(15-19-25)31-28(32)26-10-7-8-11-27(26)29(33)34/h12-19,21,26-27,30H,3-11H2,1-2H3,(H,31,32)(H,33,34)/t21?,26-,27+/m0/s1.